The van der Waals surface area contributed by atoms with Crippen molar-refractivity contribution in [3.63, 3.8) is 0 Å². The Morgan fingerprint density at radius 3 is 2.24 bits per heavy atom. The molecule has 0 saturated heterocycles. The summed E-state index contributed by atoms with van der Waals surface area (Å²) >= 11 is 0. The monoisotopic (exact) mass is 467 g/mol. The van der Waals surface area contributed by atoms with Crippen LogP contribution < -0.4 is 5.56 Å². The number of aromatic nitrogens is 5. The Morgan fingerprint density at radius 2 is 1.61 bits per heavy atom. The molecule has 0 atom stereocenters. The van der Waals surface area contributed by atoms with Crippen molar-refractivity contribution in [3.8, 4) is 0 Å². The second-order valence-corrected chi connectivity index (χ2v) is 10.8. The Labute approximate surface area is 193 Å². The third-order valence-corrected chi connectivity index (χ3v) is 7.55. The Bertz CT molecular complexity index is 1510. The molecule has 3 heterocycles. The molecule has 0 aliphatic heterocycles. The first-order valence-corrected chi connectivity index (χ1v) is 12.4. The molecule has 0 amide bonds. The summed E-state index contributed by atoms with van der Waals surface area (Å²) < 4.78 is 30.8. The van der Waals surface area contributed by atoms with Crippen LogP contribution in [0, 0.1) is 26.7 Å². The van der Waals surface area contributed by atoms with Crippen LogP contribution in [-0.4, -0.2) is 32.0 Å². The molecular weight excluding hydrogens is 438 g/mol. The van der Waals surface area contributed by atoms with Crippen LogP contribution in [0.25, 0.3) is 10.8 Å². The Hall–Kier alpha value is -3.20. The van der Waals surface area contributed by atoms with Gasteiger partial charge in [0.1, 0.15) is 0 Å². The number of hydrogen-bond donors (Lipinski definition) is 0. The van der Waals surface area contributed by atoms with Crippen molar-refractivity contribution < 1.29 is 8.42 Å². The summed E-state index contributed by atoms with van der Waals surface area (Å²) in [6.45, 7) is 10.1. The third-order valence-electron chi connectivity index (χ3n) is 5.88. The number of fused-ring (bicyclic) bond motifs is 1. The predicted octanol–water partition coefficient (Wildman–Crippen LogP) is 3.34. The first-order chi connectivity index (χ1) is 15.5. The summed E-state index contributed by atoms with van der Waals surface area (Å²) in [5, 5.41) is 10.3. The minimum Gasteiger partial charge on any atom is -0.348 e. The molecule has 0 fully saturated rings. The van der Waals surface area contributed by atoms with Gasteiger partial charge in [-0.1, -0.05) is 31.5 Å². The van der Waals surface area contributed by atoms with E-state index in [4.69, 9.17) is 0 Å². The first-order valence-electron chi connectivity index (χ1n) is 10.9. The van der Waals surface area contributed by atoms with Crippen molar-refractivity contribution >= 4 is 20.8 Å². The summed E-state index contributed by atoms with van der Waals surface area (Å²) in [7, 11) is -2.14. The van der Waals surface area contributed by atoms with Crippen LogP contribution >= 0.6 is 0 Å². The number of rotatable bonds is 6. The van der Waals surface area contributed by atoms with Crippen molar-refractivity contribution in [3.05, 3.63) is 75.2 Å². The molecule has 0 radical (unpaired) electrons. The van der Waals surface area contributed by atoms with E-state index in [1.807, 2.05) is 23.9 Å². The zero-order valence-corrected chi connectivity index (χ0v) is 20.6. The lowest BCUT2D eigenvalue weighted by molar-refractivity contribution is 0.577. The van der Waals surface area contributed by atoms with Gasteiger partial charge < -0.3 is 4.57 Å². The van der Waals surface area contributed by atoms with Gasteiger partial charge in [-0.25, -0.2) is 4.68 Å². The number of nitrogens with zero attached hydrogens (tertiary/aromatic N) is 5. The van der Waals surface area contributed by atoms with Crippen LogP contribution in [0.1, 0.15) is 42.1 Å². The fraction of sp³-hybridized carbons (Fsp3) is 0.375. The lowest BCUT2D eigenvalue weighted by Gasteiger charge is -2.08. The van der Waals surface area contributed by atoms with Crippen molar-refractivity contribution in [2.24, 2.45) is 13.0 Å². The fourth-order valence-corrected chi connectivity index (χ4v) is 5.48. The molecule has 8 nitrogen and oxygen atoms in total. The minimum absolute atomic E-state index is 0.151. The average Bonchev–Trinajstić information content (AvgIpc) is 3.29. The van der Waals surface area contributed by atoms with Crippen LogP contribution in [0.15, 0.2) is 46.3 Å². The van der Waals surface area contributed by atoms with Crippen molar-refractivity contribution in [2.45, 2.75) is 52.5 Å². The van der Waals surface area contributed by atoms with Crippen LogP contribution in [-0.2, 0) is 30.0 Å². The third kappa shape index (κ3) is 4.13. The lowest BCUT2D eigenvalue weighted by Crippen LogP contribution is -2.21. The maximum Gasteiger partial charge on any atom is 0.283 e. The van der Waals surface area contributed by atoms with Gasteiger partial charge in [-0.15, -0.1) is 0 Å². The summed E-state index contributed by atoms with van der Waals surface area (Å²) in [5.41, 5.74) is 3.71. The molecule has 0 aliphatic rings. The molecule has 33 heavy (non-hydrogen) atoms. The molecule has 0 saturated carbocycles. The second kappa shape index (κ2) is 8.30. The molecular formula is C24H29N5O3S. The number of aryl methyl sites for hydroxylation is 3. The molecule has 4 rings (SSSR count). The second-order valence-electron chi connectivity index (χ2n) is 9.04. The fourth-order valence-electron chi connectivity index (χ4n) is 4.10. The standard InChI is InChI=1S/C24H29N5O3S/c1-15(2)11-23-21-13-28(14-22(21)24(30)27(6)26-23)12-20-17(4)25-29(18(20)5)33(31,32)19-9-7-16(3)8-10-19/h7-10,13-15H,11-12H2,1-6H3. The van der Waals surface area contributed by atoms with E-state index in [1.165, 1.54) is 4.68 Å². The van der Waals surface area contributed by atoms with Gasteiger partial charge >= 0.3 is 0 Å². The Balaban J connectivity index is 1.76. The molecule has 0 aliphatic carbocycles. The van der Waals surface area contributed by atoms with Gasteiger partial charge in [0, 0.05) is 30.4 Å². The Morgan fingerprint density at radius 1 is 0.970 bits per heavy atom. The summed E-state index contributed by atoms with van der Waals surface area (Å²) in [6, 6.07) is 6.74. The molecule has 0 unspecified atom stereocenters. The van der Waals surface area contributed by atoms with Crippen LogP contribution in [0.3, 0.4) is 0 Å². The number of hydrogen-bond acceptors (Lipinski definition) is 5. The molecule has 4 aromatic rings. The average molecular weight is 468 g/mol. The van der Waals surface area contributed by atoms with Crippen LogP contribution in [0.4, 0.5) is 0 Å². The van der Waals surface area contributed by atoms with Crippen LogP contribution in [0.5, 0.6) is 0 Å². The van der Waals surface area contributed by atoms with Gasteiger partial charge in [0.25, 0.3) is 15.6 Å². The number of benzene rings is 1. The van der Waals surface area contributed by atoms with E-state index in [-0.39, 0.29) is 10.5 Å². The van der Waals surface area contributed by atoms with E-state index in [9.17, 15) is 13.2 Å². The van der Waals surface area contributed by atoms with E-state index >= 15 is 0 Å². The lowest BCUT2D eigenvalue weighted by atomic mass is 10.1. The summed E-state index contributed by atoms with van der Waals surface area (Å²) in [5.74, 6) is 0.399. The van der Waals surface area contributed by atoms with Gasteiger partial charge in [-0.3, -0.25) is 4.79 Å². The largest absolute Gasteiger partial charge is 0.348 e. The molecule has 0 N–H and O–H groups in total. The maximum atomic E-state index is 13.2. The summed E-state index contributed by atoms with van der Waals surface area (Å²) in [4.78, 5) is 12.9. The zero-order valence-electron chi connectivity index (χ0n) is 19.8. The van der Waals surface area contributed by atoms with E-state index in [2.05, 4.69) is 24.0 Å². The minimum atomic E-state index is -3.80. The highest BCUT2D eigenvalue weighted by atomic mass is 32.2. The molecule has 174 valence electrons. The first kappa shape index (κ1) is 23.0. The maximum absolute atomic E-state index is 13.2. The quantitative estimate of drug-likeness (QED) is 0.434. The molecule has 0 bridgehead atoms. The van der Waals surface area contributed by atoms with E-state index in [0.717, 1.165) is 32.7 Å². The van der Waals surface area contributed by atoms with Crippen molar-refractivity contribution in [2.75, 3.05) is 0 Å². The van der Waals surface area contributed by atoms with Crippen LogP contribution in [0.2, 0.25) is 0 Å². The van der Waals surface area contributed by atoms with Gasteiger partial charge in [-0.05, 0) is 45.2 Å². The van der Waals surface area contributed by atoms with Gasteiger partial charge in [-0.2, -0.15) is 22.7 Å². The summed E-state index contributed by atoms with van der Waals surface area (Å²) in [6.07, 6.45) is 4.50. The topological polar surface area (TPSA) is 91.8 Å². The predicted molar refractivity (Wildman–Crippen MR) is 128 cm³/mol. The molecule has 1 aromatic carbocycles. The molecule has 3 aromatic heterocycles. The highest BCUT2D eigenvalue weighted by molar-refractivity contribution is 7.89. The van der Waals surface area contributed by atoms with Gasteiger partial charge in [0.2, 0.25) is 0 Å². The molecule has 0 spiro atoms. The SMILES string of the molecule is Cc1ccc(S(=O)(=O)n2nc(C)c(Cn3cc4c(CC(C)C)nn(C)c(=O)c4c3)c2C)cc1. The van der Waals surface area contributed by atoms with E-state index < -0.39 is 10.0 Å². The van der Waals surface area contributed by atoms with Crippen molar-refractivity contribution in [1.29, 1.82) is 0 Å². The van der Waals surface area contributed by atoms with Gasteiger partial charge in [0.05, 0.1) is 33.9 Å². The van der Waals surface area contributed by atoms with E-state index in [1.54, 1.807) is 45.2 Å². The normalized spacial score (nSPS) is 12.2. The van der Waals surface area contributed by atoms with Crippen molar-refractivity contribution in [1.82, 2.24) is 23.5 Å². The highest BCUT2D eigenvalue weighted by Gasteiger charge is 2.24. The smallest absolute Gasteiger partial charge is 0.283 e. The van der Waals surface area contributed by atoms with Gasteiger partial charge in [0.15, 0.2) is 0 Å². The zero-order chi connectivity index (χ0) is 24.1. The Kier molecular flexibility index (Phi) is 5.78. The highest BCUT2D eigenvalue weighted by Crippen LogP contribution is 2.23. The molecule has 9 heteroatoms. The van der Waals surface area contributed by atoms with E-state index in [0.29, 0.717) is 29.2 Å².